The molecule has 0 radical (unpaired) electrons. The van der Waals surface area contributed by atoms with Crippen LogP contribution in [0.25, 0.3) is 0 Å². The normalized spacial score (nSPS) is 27.9. The summed E-state index contributed by atoms with van der Waals surface area (Å²) in [6.07, 6.45) is 1.88. The molecule has 4 aliphatic rings. The van der Waals surface area contributed by atoms with Crippen LogP contribution in [-0.2, 0) is 30.2 Å². The van der Waals surface area contributed by atoms with Crippen LogP contribution < -0.4 is 9.47 Å². The van der Waals surface area contributed by atoms with Gasteiger partial charge in [-0.15, -0.1) is 0 Å². The highest BCUT2D eigenvalue weighted by Crippen LogP contribution is 2.55. The molecule has 5 atom stereocenters. The summed E-state index contributed by atoms with van der Waals surface area (Å²) in [4.78, 5) is 28.4. The number of aliphatic hydroxyl groups excluding tert-OH is 1. The fourth-order valence-electron chi connectivity index (χ4n) is 6.48. The minimum Gasteiger partial charge on any atom is -0.497 e. The lowest BCUT2D eigenvalue weighted by molar-refractivity contribution is -0.195. The number of methoxy groups -OCH3 is 2. The molecule has 3 aliphatic heterocycles. The maximum Gasteiger partial charge on any atom is 0.342 e. The van der Waals surface area contributed by atoms with Crippen molar-refractivity contribution < 1.29 is 43.5 Å². The van der Waals surface area contributed by atoms with Gasteiger partial charge in [-0.3, -0.25) is 4.90 Å². The van der Waals surface area contributed by atoms with E-state index in [4.69, 9.17) is 18.9 Å². The van der Waals surface area contributed by atoms with Gasteiger partial charge >= 0.3 is 11.9 Å². The number of nitrogens with zero attached hydrogens (tertiary/aromatic N) is 1. The van der Waals surface area contributed by atoms with E-state index in [2.05, 4.69) is 9.64 Å². The number of hydrogen-bond donors (Lipinski definition) is 2. The second-order valence-electron chi connectivity index (χ2n) is 11.1. The third-order valence-corrected chi connectivity index (χ3v) is 8.53. The lowest BCUT2D eigenvalue weighted by Gasteiger charge is -2.40. The van der Waals surface area contributed by atoms with Gasteiger partial charge < -0.3 is 33.9 Å². The summed E-state index contributed by atoms with van der Waals surface area (Å²) in [5.74, 6) is -0.634. The number of benzene rings is 1. The molecule has 5 rings (SSSR count). The van der Waals surface area contributed by atoms with Crippen LogP contribution in [-0.4, -0.2) is 84.5 Å². The number of rotatable bonds is 8. The Morgan fingerprint density at radius 2 is 1.95 bits per heavy atom. The van der Waals surface area contributed by atoms with Crippen molar-refractivity contribution in [3.8, 4) is 11.5 Å². The topological polar surface area (TPSA) is 124 Å². The second kappa shape index (κ2) is 10.1. The average molecular weight is 532 g/mol. The van der Waals surface area contributed by atoms with Crippen LogP contribution in [0.1, 0.15) is 56.6 Å². The van der Waals surface area contributed by atoms with Crippen LogP contribution in [0, 0.1) is 5.92 Å². The lowest BCUT2D eigenvalue weighted by Crippen LogP contribution is -2.56. The predicted molar refractivity (Wildman–Crippen MR) is 135 cm³/mol. The molecule has 2 N–H and O–H groups in total. The van der Waals surface area contributed by atoms with Crippen molar-refractivity contribution in [3.63, 3.8) is 0 Å². The van der Waals surface area contributed by atoms with Crippen LogP contribution >= 0.6 is 0 Å². The van der Waals surface area contributed by atoms with E-state index in [1.54, 1.807) is 0 Å². The molecule has 1 fully saturated rings. The monoisotopic (exact) mass is 531 g/mol. The lowest BCUT2D eigenvalue weighted by atomic mass is 9.77. The summed E-state index contributed by atoms with van der Waals surface area (Å²) in [7, 11) is 2.62. The largest absolute Gasteiger partial charge is 0.497 e. The predicted octanol–water partition coefficient (Wildman–Crippen LogP) is 2.05. The molecule has 1 saturated heterocycles. The molecule has 38 heavy (non-hydrogen) atoms. The van der Waals surface area contributed by atoms with Crippen LogP contribution in [0.15, 0.2) is 24.0 Å². The third kappa shape index (κ3) is 4.23. The maximum absolute atomic E-state index is 13.7. The van der Waals surface area contributed by atoms with Crippen molar-refractivity contribution in [1.82, 2.24) is 4.90 Å². The molecule has 10 heteroatoms. The standard InChI is InChI=1S/C28H37NO9/c1-16(2)6-9-28(33,24(30)25(31)35-4)26(32)38-23-21(34-3)14-27-8-5-10-29(27)11-7-17-12-19-20(37-15-36-19)13-18(17)22(23)27/h12-14,16,22-24,30,33H,5-11,15H2,1-4H3/t22-,23-,24+,27+,28+/m1/s1. The zero-order chi connectivity index (χ0) is 27.2. The maximum atomic E-state index is 13.7. The van der Waals surface area contributed by atoms with Crippen molar-refractivity contribution in [2.75, 3.05) is 34.1 Å². The number of carbonyl (C=O) groups excluding carboxylic acids is 2. The Hall–Kier alpha value is -2.82. The van der Waals surface area contributed by atoms with Crippen LogP contribution in [0.4, 0.5) is 0 Å². The summed E-state index contributed by atoms with van der Waals surface area (Å²) in [5.41, 5.74) is -0.890. The van der Waals surface area contributed by atoms with Gasteiger partial charge in [0.2, 0.25) is 6.79 Å². The van der Waals surface area contributed by atoms with Crippen molar-refractivity contribution in [2.45, 2.75) is 75.2 Å². The Morgan fingerprint density at radius 3 is 2.63 bits per heavy atom. The molecule has 1 aliphatic carbocycles. The highest BCUT2D eigenvalue weighted by molar-refractivity contribution is 5.89. The number of ether oxygens (including phenoxy) is 5. The van der Waals surface area contributed by atoms with E-state index in [1.807, 2.05) is 32.1 Å². The summed E-state index contributed by atoms with van der Waals surface area (Å²) in [6, 6.07) is 3.96. The van der Waals surface area contributed by atoms with Gasteiger partial charge in [-0.05, 0) is 73.9 Å². The van der Waals surface area contributed by atoms with Gasteiger partial charge in [-0.2, -0.15) is 0 Å². The van der Waals surface area contributed by atoms with E-state index in [9.17, 15) is 19.8 Å². The number of esters is 2. The van der Waals surface area contributed by atoms with E-state index in [0.717, 1.165) is 50.6 Å². The van der Waals surface area contributed by atoms with Gasteiger partial charge in [0.25, 0.3) is 0 Å². The van der Waals surface area contributed by atoms with Crippen LogP contribution in [0.5, 0.6) is 11.5 Å². The number of aliphatic hydroxyl groups is 2. The van der Waals surface area contributed by atoms with Gasteiger partial charge in [0.15, 0.2) is 29.3 Å². The molecule has 208 valence electrons. The van der Waals surface area contributed by atoms with Gasteiger partial charge in [-0.25, -0.2) is 9.59 Å². The molecule has 0 saturated carbocycles. The second-order valence-corrected chi connectivity index (χ2v) is 11.1. The SMILES string of the molecule is COC(=O)[C@H](O)[C@@](O)(CCC(C)C)C(=O)O[C@@H]1C(OC)=C[C@]23CCCN2CCc2cc4c(cc2[C@H]13)OCO4. The fourth-order valence-corrected chi connectivity index (χ4v) is 6.48. The molecule has 0 amide bonds. The molecule has 1 spiro atoms. The van der Waals surface area contributed by atoms with Crippen molar-refractivity contribution in [3.05, 3.63) is 35.1 Å². The van der Waals surface area contributed by atoms with Crippen molar-refractivity contribution in [2.24, 2.45) is 5.92 Å². The highest BCUT2D eigenvalue weighted by atomic mass is 16.7. The average Bonchev–Trinajstić information content (AvgIpc) is 3.59. The smallest absolute Gasteiger partial charge is 0.342 e. The molecule has 10 nitrogen and oxygen atoms in total. The minimum atomic E-state index is -2.48. The van der Waals surface area contributed by atoms with Gasteiger partial charge in [0.05, 0.1) is 25.7 Å². The minimum absolute atomic E-state index is 0.105. The summed E-state index contributed by atoms with van der Waals surface area (Å²) in [5, 5.41) is 22.1. The summed E-state index contributed by atoms with van der Waals surface area (Å²) in [6.45, 7) is 5.70. The van der Waals surface area contributed by atoms with Crippen molar-refractivity contribution >= 4 is 11.9 Å². The Balaban J connectivity index is 1.56. The number of carbonyl (C=O) groups is 2. The Labute approximate surface area is 222 Å². The number of fused-ring (bicyclic) bond motifs is 3. The van der Waals surface area contributed by atoms with E-state index >= 15 is 0 Å². The fraction of sp³-hybridized carbons (Fsp3) is 0.643. The summed E-state index contributed by atoms with van der Waals surface area (Å²) >= 11 is 0. The first kappa shape index (κ1) is 26.8. The van der Waals surface area contributed by atoms with E-state index in [1.165, 1.54) is 7.11 Å². The molecule has 0 bridgehead atoms. The van der Waals surface area contributed by atoms with Gasteiger partial charge in [-0.1, -0.05) is 13.8 Å². The van der Waals surface area contributed by atoms with E-state index in [-0.39, 0.29) is 25.0 Å². The Kier molecular flexibility index (Phi) is 7.08. The van der Waals surface area contributed by atoms with E-state index in [0.29, 0.717) is 23.7 Å². The van der Waals surface area contributed by atoms with Crippen LogP contribution in [0.3, 0.4) is 0 Å². The molecule has 1 aromatic carbocycles. The quantitative estimate of drug-likeness (QED) is 0.482. The Bertz CT molecular complexity index is 1130. The first-order chi connectivity index (χ1) is 18.1. The van der Waals surface area contributed by atoms with Gasteiger partial charge in [0.1, 0.15) is 5.76 Å². The van der Waals surface area contributed by atoms with E-state index < -0.39 is 35.3 Å². The Morgan fingerprint density at radius 1 is 1.21 bits per heavy atom. The molecular weight excluding hydrogens is 494 g/mol. The third-order valence-electron chi connectivity index (χ3n) is 8.53. The van der Waals surface area contributed by atoms with Crippen molar-refractivity contribution in [1.29, 1.82) is 0 Å². The summed E-state index contributed by atoms with van der Waals surface area (Å²) < 4.78 is 27.8. The van der Waals surface area contributed by atoms with Gasteiger partial charge in [0, 0.05) is 6.54 Å². The molecule has 1 aromatic rings. The molecular formula is C28H37NO9. The zero-order valence-corrected chi connectivity index (χ0v) is 22.4. The number of hydrogen-bond acceptors (Lipinski definition) is 10. The first-order valence-electron chi connectivity index (χ1n) is 13.3. The molecule has 0 unspecified atom stereocenters. The molecule has 0 aromatic heterocycles. The van der Waals surface area contributed by atoms with Crippen LogP contribution in [0.2, 0.25) is 0 Å². The highest BCUT2D eigenvalue weighted by Gasteiger charge is 2.59. The first-order valence-corrected chi connectivity index (χ1v) is 13.3. The molecule has 3 heterocycles. The zero-order valence-electron chi connectivity index (χ0n) is 22.4.